The van der Waals surface area contributed by atoms with Crippen LogP contribution in [0, 0.1) is 48.5 Å². The van der Waals surface area contributed by atoms with Gasteiger partial charge in [-0.25, -0.2) is 4.79 Å². The molecule has 36 nitrogen and oxygen atoms in total. The van der Waals surface area contributed by atoms with Crippen LogP contribution in [0.3, 0.4) is 0 Å². The summed E-state index contributed by atoms with van der Waals surface area (Å²) in [6.07, 6.45) is 0.543. The number of benzene rings is 10. The molecule has 7 aliphatic heterocycles. The second-order valence-electron chi connectivity index (χ2n) is 32.8. The Morgan fingerprint density at radius 2 is 0.838 bits per heavy atom. The number of hydrogen-bond donors (Lipinski definition) is 7. The van der Waals surface area contributed by atoms with Gasteiger partial charge in [0.15, 0.2) is 105 Å². The van der Waals surface area contributed by atoms with E-state index in [1.807, 2.05) is 155 Å². The molecule has 766 valence electrons. The lowest BCUT2D eigenvalue weighted by atomic mass is 10.0. The van der Waals surface area contributed by atoms with Crippen molar-refractivity contribution in [2.24, 2.45) is 0 Å². The molecule has 1 amide bonds. The predicted octanol–water partition coefficient (Wildman–Crippen LogP) is 17.3. The minimum atomic E-state index is -0.995. The minimum absolute atomic E-state index is 0.0450. The number of carbonyl (C=O) groups is 4. The highest BCUT2D eigenvalue weighted by molar-refractivity contribution is 9.10. The Bertz CT molecular complexity index is 5870. The van der Waals surface area contributed by atoms with Crippen LogP contribution >= 0.6 is 15.9 Å². The van der Waals surface area contributed by atoms with Crippen molar-refractivity contribution < 1.29 is 163 Å². The Hall–Kier alpha value is -13.6. The van der Waals surface area contributed by atoms with E-state index in [1.54, 1.807) is 78.9 Å². The van der Waals surface area contributed by atoms with Gasteiger partial charge < -0.3 is 155 Å². The van der Waals surface area contributed by atoms with E-state index in [-0.39, 0.29) is 90.5 Å². The van der Waals surface area contributed by atoms with Gasteiger partial charge in [-0.1, -0.05) is 66.7 Å². The number of epoxide rings is 1. The predicted molar refractivity (Wildman–Crippen MR) is 523 cm³/mol. The smallest absolute Gasteiger partial charge is 0.408 e. The number of halogens is 1. The first-order valence-electron chi connectivity index (χ1n) is 45.2. The molecule has 142 heavy (non-hydrogen) atoms. The average Bonchev–Trinajstić information content (AvgIpc) is 1.62. The fourth-order valence-corrected chi connectivity index (χ4v) is 15.6. The Morgan fingerprint density at radius 1 is 0.437 bits per heavy atom. The number of ether oxygens (including phenoxy) is 25. The van der Waals surface area contributed by atoms with E-state index in [9.17, 15) is 29.4 Å². The van der Waals surface area contributed by atoms with E-state index in [1.165, 1.54) is 26.4 Å². The van der Waals surface area contributed by atoms with E-state index in [0.717, 1.165) is 126 Å². The third-order valence-electron chi connectivity index (χ3n) is 22.5. The lowest BCUT2D eigenvalue weighted by Crippen LogP contribution is -2.36. The van der Waals surface area contributed by atoms with Crippen LogP contribution in [0.15, 0.2) is 132 Å². The van der Waals surface area contributed by atoms with Gasteiger partial charge in [0.2, 0.25) is 40.8 Å². The van der Waals surface area contributed by atoms with Gasteiger partial charge >= 0.3 is 6.09 Å². The van der Waals surface area contributed by atoms with Crippen LogP contribution in [0.2, 0.25) is 0 Å². The highest BCUT2D eigenvalue weighted by Crippen LogP contribution is 2.52. The topological polar surface area (TPSA) is 428 Å². The molecule has 4 atom stereocenters. The third kappa shape index (κ3) is 28.6. The first-order valence-corrected chi connectivity index (χ1v) is 46.0. The van der Waals surface area contributed by atoms with Crippen LogP contribution in [-0.4, -0.2) is 199 Å². The Kier molecular flexibility index (Phi) is 41.9. The molecule has 7 N–H and O–H groups in total. The zero-order valence-corrected chi connectivity index (χ0v) is 84.6. The van der Waals surface area contributed by atoms with Crippen LogP contribution in [0.5, 0.6) is 121 Å². The fraction of sp³-hybridized carbons (Fsp3) is 0.390. The monoisotopic (exact) mass is 2040 g/mol. The zero-order valence-electron chi connectivity index (χ0n) is 83.0. The summed E-state index contributed by atoms with van der Waals surface area (Å²) in [6, 6.07) is 37.8. The first-order chi connectivity index (χ1) is 68.4. The number of aldehydes is 3. The molecule has 7 heterocycles. The highest BCUT2D eigenvalue weighted by atomic mass is 79.9. The summed E-state index contributed by atoms with van der Waals surface area (Å²) >= 11 is 3.31. The van der Waals surface area contributed by atoms with E-state index in [0.29, 0.717) is 148 Å². The Labute approximate surface area is 833 Å². The fourth-order valence-electron chi connectivity index (χ4n) is 15.1. The highest BCUT2D eigenvalue weighted by Gasteiger charge is 2.37. The largest absolute Gasteiger partial charge is 0.504 e. The molecule has 0 radical (unpaired) electrons. The van der Waals surface area contributed by atoms with Gasteiger partial charge in [0.1, 0.15) is 59.1 Å². The summed E-state index contributed by atoms with van der Waals surface area (Å²) < 4.78 is 137. The van der Waals surface area contributed by atoms with E-state index in [4.69, 9.17) is 134 Å². The molecule has 7 aliphatic rings. The lowest BCUT2D eigenvalue weighted by molar-refractivity contribution is -0.134. The lowest BCUT2D eigenvalue weighted by Gasteiger charge is -2.25. The maximum atomic E-state index is 12.5. The maximum absolute atomic E-state index is 12.5. The van der Waals surface area contributed by atoms with Gasteiger partial charge in [-0.2, -0.15) is 0 Å². The van der Waals surface area contributed by atoms with Crippen LogP contribution < -0.4 is 101 Å². The number of aromatic hydroxyl groups is 2. The number of aliphatic hydroxyl groups excluding tert-OH is 3. The summed E-state index contributed by atoms with van der Waals surface area (Å²) in [6.45, 7) is 27.1. The van der Waals surface area contributed by atoms with Crippen molar-refractivity contribution in [1.82, 2.24) is 10.6 Å². The van der Waals surface area contributed by atoms with Crippen LogP contribution in [0.1, 0.15) is 168 Å². The van der Waals surface area contributed by atoms with E-state index in [2.05, 4.69) is 26.6 Å². The van der Waals surface area contributed by atoms with E-state index < -0.39 is 23.8 Å². The molecule has 0 spiro atoms. The Balaban J connectivity index is 0.000000172. The van der Waals surface area contributed by atoms with Crippen LogP contribution in [0.25, 0.3) is 0 Å². The number of aliphatic hydroxyl groups is 3. The molecule has 17 rings (SSSR count). The molecular formula is C105H125BrN2O34. The second kappa shape index (κ2) is 53.9. The normalized spacial score (nSPS) is 13.8. The SMILES string of the molecule is CCOC(CN[C@@H](COCc1ccccc1)c1cc(OC)c(C)c2c1OCO2)OCC.COc1c(O)ccc(C=O)c1C.COc1cc(C=O)c2c(c1C)OCO2.COc1cc(CO)ccc1O.COc1cc([C@@H](COCc2ccccc2)NC(=O)OC(C)(C)C)c2c(c1C)OCO2.COc1cc([C@H](O)CO)c2c(c1C)OCO2.COc1cc([C@H]2CO2)c2c(c1C)OCO2.Cc1c(C=O)cc(Br)c2c1OCO2. The number of alkyl carbamates (subject to hydrolysis) is 1. The molecule has 10 aromatic rings. The van der Waals surface area contributed by atoms with Crippen molar-refractivity contribution >= 4 is 40.9 Å². The number of amides is 1. The van der Waals surface area contributed by atoms with Gasteiger partial charge in [0.25, 0.3) is 0 Å². The van der Waals surface area contributed by atoms with Crippen molar-refractivity contribution in [2.75, 3.05) is 137 Å². The van der Waals surface area contributed by atoms with Crippen molar-refractivity contribution in [1.29, 1.82) is 0 Å². The molecule has 37 heteroatoms. The van der Waals surface area contributed by atoms with Crippen molar-refractivity contribution in [3.05, 3.63) is 226 Å². The summed E-state index contributed by atoms with van der Waals surface area (Å²) in [4.78, 5) is 44.4. The van der Waals surface area contributed by atoms with Crippen molar-refractivity contribution in [2.45, 2.75) is 139 Å². The number of phenols is 2. The number of fused-ring (bicyclic) bond motifs is 6. The number of phenolic OH excluding ortho intramolecular Hbond substituents is 2. The number of rotatable bonds is 32. The number of hydrogen-bond acceptors (Lipinski definition) is 35. The molecule has 10 aromatic carbocycles. The second-order valence-corrected chi connectivity index (χ2v) is 33.7. The quantitative estimate of drug-likeness (QED) is 0.0117. The number of nitrogens with one attached hydrogen (secondary N) is 2. The molecule has 1 saturated heterocycles. The van der Waals surface area contributed by atoms with E-state index >= 15 is 0 Å². The van der Waals surface area contributed by atoms with Gasteiger partial charge in [-0.15, -0.1) is 0 Å². The van der Waals surface area contributed by atoms with Crippen molar-refractivity contribution in [3.63, 3.8) is 0 Å². The third-order valence-corrected chi connectivity index (χ3v) is 23.1. The molecular weight excluding hydrogens is 1910 g/mol. The van der Waals surface area contributed by atoms with Crippen LogP contribution in [-0.2, 0) is 48.2 Å². The standard InChI is InChI=1S/C24H33NO6.C23H29NO6.C11H14O5.C11H12O4.C10H10O4.C9H7BrO3.C9H10O3.C8H10O3/c1-5-28-22(29-6-2)13-25-20(15-27-14-18-10-8-7-9-11-18)19-12-21(26-4)17(3)23-24(19)31-16-30-23;1-15-19(26-5)11-17(21-20(15)28-14-29-21)18(24-22(25)30-23(2,3)4)13-27-12-16-9-7-6-8-10-16;1-6-9(14-2)3-7(8(13)4-12)11-10(6)15-5-16-11;1-6-8(12-2)3-7(9-4-13-9)11-10(6)14-5-15-11;1-6-8(12-2)3-7(4-11)10-9(6)13-5-14-10;1-5-6(3-11)2-7(10)9-8(5)12-4-13-9;1-6-7(5-10)3-4-8(11)9(6)12-2;1-11-8-4-6(5-9)2-3-7(8)10/h7-12,20,22,25H,5-6,13-16H2,1-4H3;6-11,18H,12-14H2,1-5H3,(H,24,25);3,8,12-13H,4-5H2,1-2H3;3,9H,4-5H2,1-2H3;3-4H,5H2,1-2H3;2-3H,4H2,1H3;3-5,11H,1-2H3;2-4,9-10H,5H2,1H3/t20-;18-;8-;9-;;;;/m0111..../s1. The Morgan fingerprint density at radius 3 is 1.28 bits per heavy atom. The number of methoxy groups -OCH3 is 7. The molecule has 0 saturated carbocycles. The summed E-state index contributed by atoms with van der Waals surface area (Å²) in [5.74, 6) is 12.1. The summed E-state index contributed by atoms with van der Waals surface area (Å²) in [5, 5.41) is 52.2. The molecule has 0 bridgehead atoms. The molecule has 0 aliphatic carbocycles. The number of carbonyl (C=O) groups excluding carboxylic acids is 4. The summed E-state index contributed by atoms with van der Waals surface area (Å²) in [5.41, 5.74) is 12.9. The van der Waals surface area contributed by atoms with Crippen molar-refractivity contribution in [3.8, 4) is 121 Å². The van der Waals surface area contributed by atoms with Crippen LogP contribution in [0.4, 0.5) is 4.79 Å². The van der Waals surface area contributed by atoms with Gasteiger partial charge in [-0.3, -0.25) is 14.4 Å². The maximum Gasteiger partial charge on any atom is 0.408 e. The zero-order chi connectivity index (χ0) is 103. The molecule has 1 fully saturated rings. The average molecular weight is 2040 g/mol. The minimum Gasteiger partial charge on any atom is -0.504 e. The first kappa shape index (κ1) is 110. The van der Waals surface area contributed by atoms with Gasteiger partial charge in [0.05, 0.1) is 118 Å². The summed E-state index contributed by atoms with van der Waals surface area (Å²) in [7, 11) is 10.9. The molecule has 0 unspecified atom stereocenters. The van der Waals surface area contributed by atoms with Gasteiger partial charge in [-0.05, 0) is 176 Å². The molecule has 0 aromatic heterocycles. The van der Waals surface area contributed by atoms with Gasteiger partial charge in [0, 0.05) is 92.1 Å².